The van der Waals surface area contributed by atoms with Gasteiger partial charge in [-0.25, -0.2) is 16.8 Å². The Bertz CT molecular complexity index is 972. The highest BCUT2D eigenvalue weighted by Crippen LogP contribution is 2.29. The van der Waals surface area contributed by atoms with Crippen molar-refractivity contribution in [1.29, 1.82) is 10.5 Å². The SMILES string of the molecule is N#CCCS(=O)(=O)c1cccc2c(S(=O)(=O)CCC#N)cccc12. The maximum Gasteiger partial charge on any atom is 0.180 e. The maximum atomic E-state index is 12.4. The van der Waals surface area contributed by atoms with Crippen molar-refractivity contribution in [3.05, 3.63) is 36.4 Å². The molecular formula is C16H14N2O4S2. The van der Waals surface area contributed by atoms with Crippen LogP contribution in [0.1, 0.15) is 12.8 Å². The van der Waals surface area contributed by atoms with Crippen LogP contribution in [0.3, 0.4) is 0 Å². The fraction of sp³-hybridized carbons (Fsp3) is 0.250. The first-order chi connectivity index (χ1) is 11.3. The molecule has 0 heterocycles. The predicted octanol–water partition coefficient (Wildman–Crippen LogP) is 2.21. The van der Waals surface area contributed by atoms with Crippen LogP contribution in [0.15, 0.2) is 46.2 Å². The van der Waals surface area contributed by atoms with Gasteiger partial charge in [-0.3, -0.25) is 0 Å². The summed E-state index contributed by atoms with van der Waals surface area (Å²) in [6, 6.07) is 12.4. The van der Waals surface area contributed by atoms with Crippen molar-refractivity contribution in [2.45, 2.75) is 22.6 Å². The summed E-state index contributed by atoms with van der Waals surface area (Å²) in [5.74, 6) is -0.651. The third-order valence-corrected chi connectivity index (χ3v) is 7.01. The minimum atomic E-state index is -3.70. The number of hydrogen-bond acceptors (Lipinski definition) is 6. The summed E-state index contributed by atoms with van der Waals surface area (Å²) in [6.07, 6.45) is -0.280. The Kier molecular flexibility index (Phi) is 5.23. The minimum absolute atomic E-state index is 0.00702. The number of benzene rings is 2. The molecule has 0 aliphatic heterocycles. The second-order valence-corrected chi connectivity index (χ2v) is 9.22. The lowest BCUT2D eigenvalue weighted by atomic mass is 10.1. The van der Waals surface area contributed by atoms with Crippen LogP contribution in [-0.4, -0.2) is 28.3 Å². The van der Waals surface area contributed by atoms with Crippen LogP contribution in [0.4, 0.5) is 0 Å². The van der Waals surface area contributed by atoms with Crippen molar-refractivity contribution < 1.29 is 16.8 Å². The van der Waals surface area contributed by atoms with E-state index >= 15 is 0 Å². The van der Waals surface area contributed by atoms with Crippen LogP contribution in [0, 0.1) is 22.7 Å². The molecule has 0 unspecified atom stereocenters. The van der Waals surface area contributed by atoms with Crippen molar-refractivity contribution in [2.24, 2.45) is 0 Å². The number of fused-ring (bicyclic) bond motifs is 1. The third kappa shape index (κ3) is 3.56. The highest BCUT2D eigenvalue weighted by molar-refractivity contribution is 7.92. The van der Waals surface area contributed by atoms with Gasteiger partial charge in [0.1, 0.15) is 0 Å². The summed E-state index contributed by atoms with van der Waals surface area (Å²) in [7, 11) is -7.40. The Balaban J connectivity index is 2.68. The molecule has 0 radical (unpaired) electrons. The van der Waals surface area contributed by atoms with Gasteiger partial charge in [0.2, 0.25) is 0 Å². The largest absolute Gasteiger partial charge is 0.224 e. The van der Waals surface area contributed by atoms with E-state index in [1.807, 2.05) is 0 Å². The number of hydrogen-bond donors (Lipinski definition) is 0. The van der Waals surface area contributed by atoms with Gasteiger partial charge in [-0.15, -0.1) is 0 Å². The normalized spacial score (nSPS) is 11.8. The molecule has 2 rings (SSSR count). The van der Waals surface area contributed by atoms with E-state index in [4.69, 9.17) is 10.5 Å². The Labute approximate surface area is 140 Å². The number of nitrogens with zero attached hydrogens (tertiary/aromatic N) is 2. The molecule has 0 atom stereocenters. The van der Waals surface area contributed by atoms with Crippen molar-refractivity contribution >= 4 is 30.4 Å². The number of rotatable bonds is 6. The smallest absolute Gasteiger partial charge is 0.180 e. The van der Waals surface area contributed by atoms with Crippen LogP contribution in [0.2, 0.25) is 0 Å². The first-order valence-corrected chi connectivity index (χ1v) is 10.3. The summed E-state index contributed by atoms with van der Waals surface area (Å²) in [4.78, 5) is 0.0140. The Morgan fingerprint density at radius 3 is 1.42 bits per heavy atom. The third-order valence-electron chi connectivity index (χ3n) is 3.48. The zero-order valence-electron chi connectivity index (χ0n) is 12.6. The van der Waals surface area contributed by atoms with Gasteiger partial charge in [-0.2, -0.15) is 10.5 Å². The van der Waals surface area contributed by atoms with Gasteiger partial charge in [0, 0.05) is 23.6 Å². The highest BCUT2D eigenvalue weighted by Gasteiger charge is 2.22. The van der Waals surface area contributed by atoms with Crippen molar-refractivity contribution in [3.63, 3.8) is 0 Å². The summed E-state index contributed by atoms with van der Waals surface area (Å²) >= 11 is 0. The summed E-state index contributed by atoms with van der Waals surface area (Å²) < 4.78 is 49.6. The lowest BCUT2D eigenvalue weighted by Gasteiger charge is -2.11. The summed E-state index contributed by atoms with van der Waals surface area (Å²) in [6.45, 7) is 0. The lowest BCUT2D eigenvalue weighted by molar-refractivity contribution is 0.594. The van der Waals surface area contributed by atoms with Crippen LogP contribution >= 0.6 is 0 Å². The van der Waals surface area contributed by atoms with Gasteiger partial charge in [0.15, 0.2) is 19.7 Å². The topological polar surface area (TPSA) is 116 Å². The molecule has 0 bridgehead atoms. The monoisotopic (exact) mass is 362 g/mol. The molecule has 0 N–H and O–H groups in total. The lowest BCUT2D eigenvalue weighted by Crippen LogP contribution is -2.09. The second kappa shape index (κ2) is 7.00. The van der Waals surface area contributed by atoms with Gasteiger partial charge in [0.05, 0.1) is 33.4 Å². The average Bonchev–Trinajstić information content (AvgIpc) is 2.57. The van der Waals surface area contributed by atoms with Crippen molar-refractivity contribution in [3.8, 4) is 12.1 Å². The second-order valence-electron chi connectivity index (χ2n) is 5.06. The first-order valence-electron chi connectivity index (χ1n) is 7.04. The van der Waals surface area contributed by atoms with Gasteiger partial charge in [-0.05, 0) is 12.1 Å². The van der Waals surface area contributed by atoms with Gasteiger partial charge >= 0.3 is 0 Å². The molecule has 0 spiro atoms. The van der Waals surface area contributed by atoms with E-state index in [-0.39, 0.29) is 34.1 Å². The highest BCUT2D eigenvalue weighted by atomic mass is 32.2. The zero-order chi connectivity index (χ0) is 17.8. The Morgan fingerprint density at radius 2 is 1.08 bits per heavy atom. The number of sulfone groups is 2. The molecule has 6 nitrogen and oxygen atoms in total. The predicted molar refractivity (Wildman–Crippen MR) is 88.5 cm³/mol. The molecule has 0 aliphatic rings. The molecule has 2 aromatic carbocycles. The molecular weight excluding hydrogens is 348 g/mol. The molecule has 0 saturated carbocycles. The van der Waals surface area contributed by atoms with Crippen molar-refractivity contribution in [1.82, 2.24) is 0 Å². The molecule has 0 saturated heterocycles. The molecule has 24 heavy (non-hydrogen) atoms. The van der Waals surface area contributed by atoms with Gasteiger partial charge in [0.25, 0.3) is 0 Å². The van der Waals surface area contributed by atoms with E-state index in [9.17, 15) is 16.8 Å². The molecule has 0 amide bonds. The minimum Gasteiger partial charge on any atom is -0.224 e. The number of nitriles is 2. The summed E-state index contributed by atoms with van der Waals surface area (Å²) in [5.41, 5.74) is 0. The van der Waals surface area contributed by atoms with Crippen molar-refractivity contribution in [2.75, 3.05) is 11.5 Å². The van der Waals surface area contributed by atoms with Crippen LogP contribution in [0.5, 0.6) is 0 Å². The fourth-order valence-corrected chi connectivity index (χ4v) is 5.13. The first kappa shape index (κ1) is 17.9. The van der Waals surface area contributed by atoms with Crippen LogP contribution in [0.25, 0.3) is 10.8 Å². The zero-order valence-corrected chi connectivity index (χ0v) is 14.3. The molecule has 0 fully saturated rings. The molecule has 0 aromatic heterocycles. The summed E-state index contributed by atoms with van der Waals surface area (Å²) in [5, 5.41) is 17.8. The van der Waals surface area contributed by atoms with Gasteiger partial charge < -0.3 is 0 Å². The maximum absolute atomic E-state index is 12.4. The molecule has 124 valence electrons. The fourth-order valence-electron chi connectivity index (χ4n) is 2.37. The van der Waals surface area contributed by atoms with E-state index in [2.05, 4.69) is 0 Å². The van der Waals surface area contributed by atoms with E-state index in [1.54, 1.807) is 12.1 Å². The molecule has 8 heteroatoms. The van der Waals surface area contributed by atoms with Crippen LogP contribution < -0.4 is 0 Å². The van der Waals surface area contributed by atoms with E-state index in [1.165, 1.54) is 36.4 Å². The van der Waals surface area contributed by atoms with E-state index in [0.717, 1.165) is 0 Å². The molecule has 0 aliphatic carbocycles. The van der Waals surface area contributed by atoms with Crippen LogP contribution in [-0.2, 0) is 19.7 Å². The molecule has 2 aromatic rings. The average molecular weight is 362 g/mol. The Hall–Kier alpha value is -2.42. The van der Waals surface area contributed by atoms with E-state index < -0.39 is 19.7 Å². The standard InChI is InChI=1S/C16H14N2O4S2/c17-9-3-11-23(19,20)15-7-1-5-13-14(15)6-2-8-16(13)24(21,22)12-4-10-18/h1-2,5-8H,3-4,11-12H2. The quantitative estimate of drug-likeness (QED) is 0.778. The van der Waals surface area contributed by atoms with Gasteiger partial charge in [-0.1, -0.05) is 24.3 Å². The van der Waals surface area contributed by atoms with E-state index in [0.29, 0.717) is 10.8 Å². The Morgan fingerprint density at radius 1 is 0.708 bits per heavy atom.